The van der Waals surface area contributed by atoms with Crippen LogP contribution in [-0.2, 0) is 21.4 Å². The normalized spacial score (nSPS) is 16.1. The number of aliphatic carboxylic acids is 1. The highest BCUT2D eigenvalue weighted by atomic mass is 16.4. The van der Waals surface area contributed by atoms with Gasteiger partial charge < -0.3 is 10.0 Å². The molecule has 1 saturated heterocycles. The summed E-state index contributed by atoms with van der Waals surface area (Å²) in [4.78, 5) is 28.1. The van der Waals surface area contributed by atoms with Crippen molar-refractivity contribution in [3.8, 4) is 0 Å². The molecule has 0 spiro atoms. The molecule has 1 aromatic rings. The maximum absolute atomic E-state index is 13.1. The molecule has 144 valence electrons. The van der Waals surface area contributed by atoms with Gasteiger partial charge in [0.1, 0.15) is 0 Å². The lowest BCUT2D eigenvalue weighted by Gasteiger charge is -2.40. The zero-order chi connectivity index (χ0) is 19.3. The number of carboxylic acid groups (broad SMARTS) is 1. The molecule has 5 nitrogen and oxygen atoms in total. The zero-order valence-corrected chi connectivity index (χ0v) is 16.5. The summed E-state index contributed by atoms with van der Waals surface area (Å²) in [6.07, 6.45) is 2.65. The van der Waals surface area contributed by atoms with E-state index >= 15 is 0 Å². The number of nitrogens with zero attached hydrogens (tertiary/aromatic N) is 2. The predicted octanol–water partition coefficient (Wildman–Crippen LogP) is 2.92. The van der Waals surface area contributed by atoms with Crippen LogP contribution in [-0.4, -0.2) is 59.0 Å². The van der Waals surface area contributed by atoms with Gasteiger partial charge in [0.15, 0.2) is 0 Å². The van der Waals surface area contributed by atoms with Gasteiger partial charge in [0.25, 0.3) is 0 Å². The summed E-state index contributed by atoms with van der Waals surface area (Å²) in [6, 6.07) is 8.57. The van der Waals surface area contributed by atoms with E-state index in [2.05, 4.69) is 31.2 Å². The Hall–Kier alpha value is -1.88. The Morgan fingerprint density at radius 2 is 1.73 bits per heavy atom. The van der Waals surface area contributed by atoms with Gasteiger partial charge in [0.2, 0.25) is 5.91 Å². The number of carbonyl (C=O) groups excluding carboxylic acids is 1. The number of carbonyl (C=O) groups is 2. The third-order valence-corrected chi connectivity index (χ3v) is 5.63. The number of piperidine rings is 1. The molecule has 1 aromatic carbocycles. The van der Waals surface area contributed by atoms with E-state index in [9.17, 15) is 9.59 Å². The van der Waals surface area contributed by atoms with E-state index < -0.39 is 11.4 Å². The van der Waals surface area contributed by atoms with Crippen molar-refractivity contribution in [2.75, 3.05) is 26.2 Å². The van der Waals surface area contributed by atoms with E-state index in [1.54, 1.807) is 0 Å². The number of benzene rings is 1. The van der Waals surface area contributed by atoms with Crippen molar-refractivity contribution in [3.05, 3.63) is 35.4 Å². The van der Waals surface area contributed by atoms with Crippen LogP contribution >= 0.6 is 0 Å². The van der Waals surface area contributed by atoms with Gasteiger partial charge in [-0.05, 0) is 50.8 Å². The van der Waals surface area contributed by atoms with E-state index in [0.717, 1.165) is 31.4 Å². The van der Waals surface area contributed by atoms with Crippen molar-refractivity contribution in [1.29, 1.82) is 0 Å². The van der Waals surface area contributed by atoms with Crippen LogP contribution in [0.4, 0.5) is 0 Å². The summed E-state index contributed by atoms with van der Waals surface area (Å²) >= 11 is 0. The lowest BCUT2D eigenvalue weighted by molar-refractivity contribution is -0.141. The molecular formula is C21H32N2O3. The minimum atomic E-state index is -0.790. The molecule has 0 bridgehead atoms. The Bertz CT molecular complexity index is 617. The molecule has 0 atom stereocenters. The monoisotopic (exact) mass is 360 g/mol. The number of hydrogen-bond acceptors (Lipinski definition) is 3. The summed E-state index contributed by atoms with van der Waals surface area (Å²) in [6.45, 7) is 10.3. The molecule has 1 fully saturated rings. The average molecular weight is 360 g/mol. The zero-order valence-electron chi connectivity index (χ0n) is 16.5. The third kappa shape index (κ3) is 4.64. The van der Waals surface area contributed by atoms with Gasteiger partial charge in [0.05, 0.1) is 12.0 Å². The molecule has 0 unspecified atom stereocenters. The molecule has 0 aliphatic carbocycles. The largest absolute Gasteiger partial charge is 0.480 e. The molecule has 0 saturated carbocycles. The number of likely N-dealkylation sites (N-methyl/N-ethyl adjacent to an activating group) is 1. The first kappa shape index (κ1) is 20.4. The third-order valence-electron chi connectivity index (χ3n) is 5.63. The average Bonchev–Trinajstić information content (AvgIpc) is 2.65. The highest BCUT2D eigenvalue weighted by molar-refractivity contribution is 5.87. The molecule has 1 heterocycles. The molecule has 26 heavy (non-hydrogen) atoms. The number of rotatable bonds is 7. The van der Waals surface area contributed by atoms with Gasteiger partial charge in [-0.2, -0.15) is 0 Å². The van der Waals surface area contributed by atoms with Crippen molar-refractivity contribution >= 4 is 11.9 Å². The second-order valence-corrected chi connectivity index (χ2v) is 7.66. The molecule has 1 N–H and O–H groups in total. The number of amides is 1. The second kappa shape index (κ2) is 8.67. The van der Waals surface area contributed by atoms with Gasteiger partial charge in [-0.25, -0.2) is 0 Å². The molecule has 5 heteroatoms. The standard InChI is InChI=1S/C21H32N2O3/c1-5-16-7-9-17(10-8-16)21(3,4)20(26)23-13-11-18(12-14-23)22(6-2)15-19(24)25/h7-10,18H,5-6,11-15H2,1-4H3,(H,24,25). The minimum absolute atomic E-state index is 0.0738. The van der Waals surface area contributed by atoms with Crippen molar-refractivity contribution in [1.82, 2.24) is 9.80 Å². The van der Waals surface area contributed by atoms with E-state index in [1.807, 2.05) is 30.6 Å². The fraction of sp³-hybridized carbons (Fsp3) is 0.619. The van der Waals surface area contributed by atoms with Crippen LogP contribution in [0.15, 0.2) is 24.3 Å². The molecular weight excluding hydrogens is 328 g/mol. The van der Waals surface area contributed by atoms with Crippen molar-refractivity contribution in [2.24, 2.45) is 0 Å². The lowest BCUT2D eigenvalue weighted by atomic mass is 9.82. The summed E-state index contributed by atoms with van der Waals surface area (Å²) < 4.78 is 0. The van der Waals surface area contributed by atoms with Gasteiger partial charge in [-0.3, -0.25) is 14.5 Å². The van der Waals surface area contributed by atoms with E-state index in [4.69, 9.17) is 5.11 Å². The number of carboxylic acids is 1. The highest BCUT2D eigenvalue weighted by Gasteiger charge is 2.36. The first-order valence-electron chi connectivity index (χ1n) is 9.64. The summed E-state index contributed by atoms with van der Waals surface area (Å²) in [5, 5.41) is 9.05. The highest BCUT2D eigenvalue weighted by Crippen LogP contribution is 2.28. The Morgan fingerprint density at radius 3 is 2.19 bits per heavy atom. The van der Waals surface area contributed by atoms with Gasteiger partial charge in [-0.15, -0.1) is 0 Å². The topological polar surface area (TPSA) is 60.9 Å². The van der Waals surface area contributed by atoms with Gasteiger partial charge in [-0.1, -0.05) is 38.1 Å². The Morgan fingerprint density at radius 1 is 1.15 bits per heavy atom. The van der Waals surface area contributed by atoms with Crippen molar-refractivity contribution in [3.63, 3.8) is 0 Å². The van der Waals surface area contributed by atoms with Crippen LogP contribution < -0.4 is 0 Å². The van der Waals surface area contributed by atoms with Crippen LogP contribution in [0.25, 0.3) is 0 Å². The molecule has 0 radical (unpaired) electrons. The smallest absolute Gasteiger partial charge is 0.317 e. The minimum Gasteiger partial charge on any atom is -0.480 e. The maximum atomic E-state index is 13.1. The first-order chi connectivity index (χ1) is 12.3. The quantitative estimate of drug-likeness (QED) is 0.812. The summed E-state index contributed by atoms with van der Waals surface area (Å²) in [5.74, 6) is -0.636. The summed E-state index contributed by atoms with van der Waals surface area (Å²) in [5.41, 5.74) is 1.77. The van der Waals surface area contributed by atoms with Crippen LogP contribution in [0.2, 0.25) is 0 Å². The van der Waals surface area contributed by atoms with Gasteiger partial charge in [0, 0.05) is 19.1 Å². The lowest BCUT2D eigenvalue weighted by Crippen LogP contribution is -2.51. The maximum Gasteiger partial charge on any atom is 0.317 e. The van der Waals surface area contributed by atoms with Crippen molar-refractivity contribution < 1.29 is 14.7 Å². The van der Waals surface area contributed by atoms with Crippen LogP contribution in [0.3, 0.4) is 0 Å². The fourth-order valence-corrected chi connectivity index (χ4v) is 3.78. The second-order valence-electron chi connectivity index (χ2n) is 7.66. The van der Waals surface area contributed by atoms with Crippen LogP contribution in [0, 0.1) is 0 Å². The first-order valence-corrected chi connectivity index (χ1v) is 9.64. The number of hydrogen-bond donors (Lipinski definition) is 1. The van der Waals surface area contributed by atoms with E-state index in [0.29, 0.717) is 13.1 Å². The Kier molecular flexibility index (Phi) is 6.81. The molecule has 1 aliphatic rings. The Balaban J connectivity index is 2.01. The fourth-order valence-electron chi connectivity index (χ4n) is 3.78. The van der Waals surface area contributed by atoms with E-state index in [1.165, 1.54) is 5.56 Å². The molecule has 1 aliphatic heterocycles. The molecule has 1 amide bonds. The number of likely N-dealkylation sites (tertiary alicyclic amines) is 1. The van der Waals surface area contributed by atoms with Crippen molar-refractivity contribution in [2.45, 2.75) is 58.4 Å². The predicted molar refractivity (Wildman–Crippen MR) is 103 cm³/mol. The molecule has 2 rings (SSSR count). The van der Waals surface area contributed by atoms with E-state index in [-0.39, 0.29) is 18.5 Å². The number of aryl methyl sites for hydroxylation is 1. The Labute approximate surface area is 157 Å². The molecule has 0 aromatic heterocycles. The van der Waals surface area contributed by atoms with Crippen LogP contribution in [0.5, 0.6) is 0 Å². The van der Waals surface area contributed by atoms with Crippen LogP contribution in [0.1, 0.15) is 51.7 Å². The SMILES string of the molecule is CCc1ccc(C(C)(C)C(=O)N2CCC(N(CC)CC(=O)O)CC2)cc1. The summed E-state index contributed by atoms with van der Waals surface area (Å²) in [7, 11) is 0. The van der Waals surface area contributed by atoms with Gasteiger partial charge >= 0.3 is 5.97 Å².